The lowest BCUT2D eigenvalue weighted by molar-refractivity contribution is 0.0531. The first-order valence-electron chi connectivity index (χ1n) is 9.81. The van der Waals surface area contributed by atoms with Gasteiger partial charge in [0.2, 0.25) is 0 Å². The monoisotopic (exact) mass is 471 g/mol. The third-order valence-electron chi connectivity index (χ3n) is 4.48. The van der Waals surface area contributed by atoms with E-state index in [1.165, 1.54) is 23.1 Å². The van der Waals surface area contributed by atoms with Crippen molar-refractivity contribution in [2.45, 2.75) is 38.4 Å². The number of hydrogen-bond acceptors (Lipinski definition) is 11. The molecule has 3 aromatic heterocycles. The molecule has 0 amide bonds. The molecule has 0 saturated carbocycles. The number of aryl methyl sites for hydroxylation is 2. The molecular formula is C21H21N5O4S2. The average Bonchev–Trinajstić information content (AvgIpc) is 3.36. The van der Waals surface area contributed by atoms with E-state index >= 15 is 0 Å². The van der Waals surface area contributed by atoms with E-state index in [0.717, 1.165) is 16.9 Å². The first-order chi connectivity index (χ1) is 15.4. The number of rotatable bonds is 8. The Balaban J connectivity index is 1.42. The second kappa shape index (κ2) is 9.53. The summed E-state index contributed by atoms with van der Waals surface area (Å²) in [6.45, 7) is 6.08. The highest BCUT2D eigenvalue weighted by Crippen LogP contribution is 2.34. The van der Waals surface area contributed by atoms with Crippen LogP contribution in [-0.4, -0.2) is 32.7 Å². The zero-order valence-corrected chi connectivity index (χ0v) is 19.4. The number of benzene rings is 1. The molecule has 2 N–H and O–H groups in total. The van der Waals surface area contributed by atoms with Gasteiger partial charge in [-0.25, -0.2) is 14.8 Å². The van der Waals surface area contributed by atoms with E-state index in [2.05, 4.69) is 20.2 Å². The van der Waals surface area contributed by atoms with E-state index in [9.17, 15) is 4.79 Å². The van der Waals surface area contributed by atoms with Crippen LogP contribution in [0.15, 0.2) is 33.9 Å². The van der Waals surface area contributed by atoms with Crippen LogP contribution < -0.4 is 10.5 Å². The molecule has 32 heavy (non-hydrogen) atoms. The molecular weight excluding hydrogens is 450 g/mol. The van der Waals surface area contributed by atoms with Gasteiger partial charge in [0, 0.05) is 0 Å². The highest BCUT2D eigenvalue weighted by Gasteiger charge is 2.20. The van der Waals surface area contributed by atoms with Gasteiger partial charge in [-0.15, -0.1) is 21.5 Å². The van der Waals surface area contributed by atoms with Crippen molar-refractivity contribution in [3.8, 4) is 5.75 Å². The van der Waals surface area contributed by atoms with E-state index < -0.39 is 0 Å². The molecule has 9 nitrogen and oxygen atoms in total. The van der Waals surface area contributed by atoms with E-state index in [-0.39, 0.29) is 12.6 Å². The van der Waals surface area contributed by atoms with Crippen molar-refractivity contribution < 1.29 is 18.7 Å². The summed E-state index contributed by atoms with van der Waals surface area (Å²) in [5.41, 5.74) is 8.04. The predicted molar refractivity (Wildman–Crippen MR) is 122 cm³/mol. The van der Waals surface area contributed by atoms with Gasteiger partial charge in [0.15, 0.2) is 6.61 Å². The van der Waals surface area contributed by atoms with Crippen LogP contribution >= 0.6 is 23.1 Å². The van der Waals surface area contributed by atoms with Crippen LogP contribution in [0.3, 0.4) is 0 Å². The highest BCUT2D eigenvalue weighted by atomic mass is 32.2. The lowest BCUT2D eigenvalue weighted by atomic mass is 10.2. The smallest absolute Gasteiger partial charge is 0.348 e. The average molecular weight is 472 g/mol. The molecule has 0 fully saturated rings. The quantitative estimate of drug-likeness (QED) is 0.293. The zero-order valence-electron chi connectivity index (χ0n) is 17.7. The van der Waals surface area contributed by atoms with Crippen molar-refractivity contribution in [1.29, 1.82) is 0 Å². The van der Waals surface area contributed by atoms with Gasteiger partial charge in [0.05, 0.1) is 17.7 Å². The van der Waals surface area contributed by atoms with Gasteiger partial charge in [0.25, 0.3) is 11.1 Å². The number of nitrogens with two attached hydrogens (primary N) is 1. The molecule has 3 heterocycles. The van der Waals surface area contributed by atoms with Gasteiger partial charge in [-0.3, -0.25) is 0 Å². The third kappa shape index (κ3) is 4.83. The zero-order chi connectivity index (χ0) is 22.7. The fourth-order valence-corrected chi connectivity index (χ4v) is 4.67. The van der Waals surface area contributed by atoms with Crippen LogP contribution in [-0.2, 0) is 17.1 Å². The number of thioether (sulfide) groups is 1. The number of fused-ring (bicyclic) bond motifs is 1. The molecule has 0 atom stereocenters. The molecule has 4 aromatic rings. The first kappa shape index (κ1) is 22.0. The molecule has 0 unspecified atom stereocenters. The Morgan fingerprint density at radius 1 is 1.19 bits per heavy atom. The molecule has 0 saturated heterocycles. The summed E-state index contributed by atoms with van der Waals surface area (Å²) in [5.74, 6) is 1.94. The minimum atomic E-state index is -0.380. The van der Waals surface area contributed by atoms with Gasteiger partial charge < -0.3 is 19.6 Å². The van der Waals surface area contributed by atoms with Crippen LogP contribution in [0.1, 0.15) is 39.4 Å². The molecule has 0 spiro atoms. The summed E-state index contributed by atoms with van der Waals surface area (Å²) >= 11 is 2.55. The maximum absolute atomic E-state index is 12.2. The molecule has 0 aliphatic rings. The number of hydrogen-bond donors (Lipinski definition) is 1. The summed E-state index contributed by atoms with van der Waals surface area (Å²) in [7, 11) is 0. The molecule has 1 aromatic carbocycles. The van der Waals surface area contributed by atoms with Crippen LogP contribution in [0, 0.1) is 13.8 Å². The fraction of sp³-hybridized carbons (Fsp3) is 0.286. The summed E-state index contributed by atoms with van der Waals surface area (Å²) in [4.78, 5) is 22.2. The summed E-state index contributed by atoms with van der Waals surface area (Å²) in [6, 6.07) is 7.72. The van der Waals surface area contributed by atoms with Crippen molar-refractivity contribution in [3.63, 3.8) is 0 Å². The number of nitrogen functional groups attached to an aromatic ring is 1. The maximum atomic E-state index is 12.2. The van der Waals surface area contributed by atoms with Crippen LogP contribution in [0.2, 0.25) is 0 Å². The van der Waals surface area contributed by atoms with E-state index in [0.29, 0.717) is 50.2 Å². The number of carbonyl (C=O) groups excluding carboxylic acids is 1. The Bertz CT molecular complexity index is 1250. The highest BCUT2D eigenvalue weighted by molar-refractivity contribution is 7.98. The van der Waals surface area contributed by atoms with Crippen LogP contribution in [0.4, 0.5) is 5.82 Å². The molecule has 0 bridgehead atoms. The Morgan fingerprint density at radius 3 is 2.72 bits per heavy atom. The van der Waals surface area contributed by atoms with E-state index in [4.69, 9.17) is 19.6 Å². The van der Waals surface area contributed by atoms with Gasteiger partial charge in [-0.1, -0.05) is 29.5 Å². The van der Waals surface area contributed by atoms with Crippen molar-refractivity contribution in [2.24, 2.45) is 0 Å². The van der Waals surface area contributed by atoms with Gasteiger partial charge in [-0.2, -0.15) is 0 Å². The molecule has 11 heteroatoms. The minimum absolute atomic E-state index is 0.178. The molecule has 0 radical (unpaired) electrons. The van der Waals surface area contributed by atoms with E-state index in [1.807, 2.05) is 38.1 Å². The second-order valence-electron chi connectivity index (χ2n) is 6.83. The van der Waals surface area contributed by atoms with Crippen molar-refractivity contribution in [2.75, 3.05) is 12.3 Å². The van der Waals surface area contributed by atoms with Crippen molar-refractivity contribution in [1.82, 2.24) is 20.2 Å². The molecule has 166 valence electrons. The summed E-state index contributed by atoms with van der Waals surface area (Å²) < 4.78 is 16.4. The number of esters is 1. The number of anilines is 1. The fourth-order valence-electron chi connectivity index (χ4n) is 2.93. The molecule has 4 rings (SSSR count). The van der Waals surface area contributed by atoms with Crippen LogP contribution in [0.5, 0.6) is 5.75 Å². The number of thiophene rings is 1. The number of aromatic nitrogens is 4. The maximum Gasteiger partial charge on any atom is 0.348 e. The lowest BCUT2D eigenvalue weighted by Gasteiger charge is -2.03. The van der Waals surface area contributed by atoms with Crippen molar-refractivity contribution in [3.05, 3.63) is 52.0 Å². The van der Waals surface area contributed by atoms with Crippen LogP contribution in [0.25, 0.3) is 10.2 Å². The molecule has 0 aliphatic heterocycles. The van der Waals surface area contributed by atoms with E-state index in [1.54, 1.807) is 6.92 Å². The third-order valence-corrected chi connectivity index (χ3v) is 6.46. The molecule has 0 aliphatic carbocycles. The number of carbonyl (C=O) groups is 1. The van der Waals surface area contributed by atoms with Crippen molar-refractivity contribution >= 4 is 45.1 Å². The van der Waals surface area contributed by atoms with Gasteiger partial charge in [0.1, 0.15) is 27.1 Å². The summed E-state index contributed by atoms with van der Waals surface area (Å²) in [6.07, 6.45) is 0. The topological polar surface area (TPSA) is 126 Å². The first-order valence-corrected chi connectivity index (χ1v) is 11.6. The Morgan fingerprint density at radius 2 is 1.97 bits per heavy atom. The largest absolute Gasteiger partial charge is 0.484 e. The Labute approximate surface area is 192 Å². The van der Waals surface area contributed by atoms with Gasteiger partial charge in [-0.05, 0) is 38.5 Å². The number of nitrogens with zero attached hydrogens (tertiary/aromatic N) is 4. The Hall–Kier alpha value is -3.18. The SMILES string of the molecule is CCOC(=O)c1sc2nc(CSc3nnc(COc4ccc(C)cc4)o3)nc(N)c2c1C. The second-order valence-corrected chi connectivity index (χ2v) is 8.76. The standard InChI is InChI=1S/C21H21N5O4S2/c1-4-28-20(27)17-12(3)16-18(22)23-14(24-19(16)32-17)10-31-21-26-25-15(30-21)9-29-13-7-5-11(2)6-8-13/h5-8H,4,9-10H2,1-3H3,(H2,22,23,24). The predicted octanol–water partition coefficient (Wildman–Crippen LogP) is 4.32. The van der Waals surface area contributed by atoms with Gasteiger partial charge >= 0.3 is 5.97 Å². The lowest BCUT2D eigenvalue weighted by Crippen LogP contribution is -2.03. The summed E-state index contributed by atoms with van der Waals surface area (Å²) in [5, 5.41) is 9.09. The minimum Gasteiger partial charge on any atom is -0.484 e. The Kier molecular flexibility index (Phi) is 6.56. The number of ether oxygens (including phenoxy) is 2. The normalized spacial score (nSPS) is 11.1.